The van der Waals surface area contributed by atoms with Gasteiger partial charge in [0.1, 0.15) is 6.04 Å². The van der Waals surface area contributed by atoms with Crippen molar-refractivity contribution in [3.8, 4) is 12.3 Å². The first kappa shape index (κ1) is 13.5. The molecule has 0 fully saturated rings. The van der Waals surface area contributed by atoms with Crippen LogP contribution in [0.3, 0.4) is 0 Å². The molecule has 84 valence electrons. The Hall–Kier alpha value is -1.54. The number of unbranched alkanes of at least 4 members (excludes halogenated alkanes) is 1. The zero-order chi connectivity index (χ0) is 11.7. The smallest absolute Gasteiger partial charge is 0.320 e. The predicted octanol–water partition coefficient (Wildman–Crippen LogP) is 0.135. The van der Waals surface area contributed by atoms with Crippen LogP contribution in [0.4, 0.5) is 0 Å². The van der Waals surface area contributed by atoms with E-state index in [-0.39, 0.29) is 19.4 Å². The summed E-state index contributed by atoms with van der Waals surface area (Å²) in [4.78, 5) is 21.3. The third-order valence-electron chi connectivity index (χ3n) is 1.71. The summed E-state index contributed by atoms with van der Waals surface area (Å²) < 4.78 is 4.79. The van der Waals surface area contributed by atoms with E-state index in [0.29, 0.717) is 12.8 Å². The van der Waals surface area contributed by atoms with Crippen LogP contribution < -0.4 is 5.73 Å². The average Bonchev–Trinajstić information content (AvgIpc) is 2.20. The molecule has 3 N–H and O–H groups in total. The largest absolute Gasteiger partial charge is 0.480 e. The van der Waals surface area contributed by atoms with Crippen LogP contribution in [0.15, 0.2) is 0 Å². The quantitative estimate of drug-likeness (QED) is 0.356. The zero-order valence-electron chi connectivity index (χ0n) is 8.44. The van der Waals surface area contributed by atoms with Crippen LogP contribution in [0.1, 0.15) is 25.7 Å². The number of hydrogen-bond donors (Lipinski definition) is 2. The molecule has 0 amide bonds. The lowest BCUT2D eigenvalue weighted by atomic mass is 10.2. The Bertz CT molecular complexity index is 257. The van der Waals surface area contributed by atoms with Crippen molar-refractivity contribution in [1.29, 1.82) is 0 Å². The van der Waals surface area contributed by atoms with Gasteiger partial charge in [-0.2, -0.15) is 0 Å². The molecule has 0 aromatic rings. The lowest BCUT2D eigenvalue weighted by Crippen LogP contribution is -2.30. The first-order chi connectivity index (χ1) is 7.07. The van der Waals surface area contributed by atoms with Gasteiger partial charge in [0, 0.05) is 12.8 Å². The third kappa shape index (κ3) is 7.52. The summed E-state index contributed by atoms with van der Waals surface area (Å²) in [5.74, 6) is 0.861. The molecule has 0 radical (unpaired) electrons. The summed E-state index contributed by atoms with van der Waals surface area (Å²) in [7, 11) is 0. The van der Waals surface area contributed by atoms with Crippen molar-refractivity contribution in [3.05, 3.63) is 0 Å². The fraction of sp³-hybridized carbons (Fsp3) is 0.600. The molecule has 0 aliphatic carbocycles. The van der Waals surface area contributed by atoms with Gasteiger partial charge in [-0.05, 0) is 12.8 Å². The second kappa shape index (κ2) is 7.83. The fourth-order valence-corrected chi connectivity index (χ4v) is 0.829. The number of nitrogens with two attached hydrogens (primary N) is 1. The molecule has 0 heterocycles. The number of ether oxygens (including phenoxy) is 1. The number of carbonyl (C=O) groups excluding carboxylic acids is 1. The second-order valence-corrected chi connectivity index (χ2v) is 3.01. The Balaban J connectivity index is 3.50. The highest BCUT2D eigenvalue weighted by molar-refractivity contribution is 5.75. The van der Waals surface area contributed by atoms with Gasteiger partial charge >= 0.3 is 11.9 Å². The lowest BCUT2D eigenvalue weighted by molar-refractivity contribution is -0.144. The first-order valence-corrected chi connectivity index (χ1v) is 4.65. The van der Waals surface area contributed by atoms with Gasteiger partial charge in [0.15, 0.2) is 0 Å². The van der Waals surface area contributed by atoms with Crippen LogP contribution in [0, 0.1) is 12.3 Å². The normalized spacial score (nSPS) is 11.5. The summed E-state index contributed by atoms with van der Waals surface area (Å²) in [5, 5.41) is 8.44. The Morgan fingerprint density at radius 2 is 2.20 bits per heavy atom. The maximum atomic E-state index is 11.0. The molecule has 15 heavy (non-hydrogen) atoms. The molecule has 0 rings (SSSR count). The average molecular weight is 213 g/mol. The Labute approximate surface area is 88.6 Å². The van der Waals surface area contributed by atoms with Gasteiger partial charge in [-0.15, -0.1) is 12.3 Å². The van der Waals surface area contributed by atoms with E-state index in [4.69, 9.17) is 22.0 Å². The minimum atomic E-state index is -1.12. The predicted molar refractivity (Wildman–Crippen MR) is 53.9 cm³/mol. The molecule has 0 aromatic carbocycles. The standard InChI is InChI=1S/C10H15NO4/c1-2-3-4-7-15-9(12)6-5-8(11)10(13)14/h1,8H,3-7,11H2,(H,13,14)/t8-/m0/s1. The fourth-order valence-electron chi connectivity index (χ4n) is 0.829. The van der Waals surface area contributed by atoms with Crippen LogP contribution in [0.2, 0.25) is 0 Å². The number of hydrogen-bond acceptors (Lipinski definition) is 4. The van der Waals surface area contributed by atoms with Gasteiger partial charge in [-0.25, -0.2) is 0 Å². The maximum Gasteiger partial charge on any atom is 0.320 e. The van der Waals surface area contributed by atoms with Crippen molar-refractivity contribution < 1.29 is 19.4 Å². The molecular formula is C10H15NO4. The van der Waals surface area contributed by atoms with Crippen LogP contribution >= 0.6 is 0 Å². The third-order valence-corrected chi connectivity index (χ3v) is 1.71. The number of carboxylic acids is 1. The summed E-state index contributed by atoms with van der Waals surface area (Å²) in [5.41, 5.74) is 5.21. The molecule has 0 aliphatic heterocycles. The van der Waals surface area contributed by atoms with Crippen LogP contribution in [-0.4, -0.2) is 29.7 Å². The van der Waals surface area contributed by atoms with Gasteiger partial charge in [0.2, 0.25) is 0 Å². The monoisotopic (exact) mass is 213 g/mol. The van der Waals surface area contributed by atoms with E-state index in [1.54, 1.807) is 0 Å². The second-order valence-electron chi connectivity index (χ2n) is 3.01. The Morgan fingerprint density at radius 3 is 2.73 bits per heavy atom. The minimum absolute atomic E-state index is 0.0174. The van der Waals surface area contributed by atoms with Gasteiger partial charge in [0.25, 0.3) is 0 Å². The summed E-state index contributed by atoms with van der Waals surface area (Å²) in [6, 6.07) is -1.01. The van der Waals surface area contributed by atoms with E-state index in [1.807, 2.05) is 0 Å². The Kier molecular flexibility index (Phi) is 7.02. The van der Waals surface area contributed by atoms with Gasteiger partial charge in [-0.3, -0.25) is 9.59 Å². The van der Waals surface area contributed by atoms with E-state index in [2.05, 4.69) is 5.92 Å². The van der Waals surface area contributed by atoms with Crippen molar-refractivity contribution in [1.82, 2.24) is 0 Å². The van der Waals surface area contributed by atoms with Crippen LogP contribution in [0.5, 0.6) is 0 Å². The minimum Gasteiger partial charge on any atom is -0.480 e. The molecule has 5 heteroatoms. The molecule has 0 spiro atoms. The number of rotatable bonds is 7. The summed E-state index contributed by atoms with van der Waals surface area (Å²) in [6.07, 6.45) is 6.28. The van der Waals surface area contributed by atoms with Crippen LogP contribution in [-0.2, 0) is 14.3 Å². The maximum absolute atomic E-state index is 11.0. The SMILES string of the molecule is C#CCCCOC(=O)CC[C@H](N)C(=O)O. The number of carbonyl (C=O) groups is 2. The molecule has 0 unspecified atom stereocenters. The van der Waals surface area contributed by atoms with E-state index in [9.17, 15) is 9.59 Å². The summed E-state index contributed by atoms with van der Waals surface area (Å²) in [6.45, 7) is 0.269. The van der Waals surface area contributed by atoms with E-state index in [1.165, 1.54) is 0 Å². The lowest BCUT2D eigenvalue weighted by Gasteiger charge is -2.06. The zero-order valence-corrected chi connectivity index (χ0v) is 8.44. The number of esters is 1. The van der Waals surface area contributed by atoms with Crippen LogP contribution in [0.25, 0.3) is 0 Å². The molecule has 0 saturated heterocycles. The highest BCUT2D eigenvalue weighted by Crippen LogP contribution is 1.98. The molecule has 1 atom stereocenters. The molecule has 0 aliphatic rings. The Morgan fingerprint density at radius 1 is 1.53 bits per heavy atom. The van der Waals surface area contributed by atoms with Gasteiger partial charge in [0.05, 0.1) is 6.61 Å². The van der Waals surface area contributed by atoms with Gasteiger partial charge in [-0.1, -0.05) is 0 Å². The number of terminal acetylenes is 1. The molecular weight excluding hydrogens is 198 g/mol. The highest BCUT2D eigenvalue weighted by atomic mass is 16.5. The van der Waals surface area contributed by atoms with Crippen molar-refractivity contribution in [2.75, 3.05) is 6.61 Å². The highest BCUT2D eigenvalue weighted by Gasteiger charge is 2.13. The molecule has 5 nitrogen and oxygen atoms in total. The van der Waals surface area contributed by atoms with E-state index in [0.717, 1.165) is 0 Å². The van der Waals surface area contributed by atoms with Crippen molar-refractivity contribution >= 4 is 11.9 Å². The van der Waals surface area contributed by atoms with Gasteiger partial charge < -0.3 is 15.6 Å². The molecule has 0 saturated carbocycles. The summed E-state index contributed by atoms with van der Waals surface area (Å²) >= 11 is 0. The molecule has 0 aromatic heterocycles. The molecule has 0 bridgehead atoms. The first-order valence-electron chi connectivity index (χ1n) is 4.65. The van der Waals surface area contributed by atoms with E-state index < -0.39 is 18.0 Å². The number of carboxylic acid groups (broad SMARTS) is 1. The number of aliphatic carboxylic acids is 1. The topological polar surface area (TPSA) is 89.6 Å². The van der Waals surface area contributed by atoms with E-state index >= 15 is 0 Å². The van der Waals surface area contributed by atoms with Crippen molar-refractivity contribution in [2.45, 2.75) is 31.7 Å². The van der Waals surface area contributed by atoms with Crippen molar-refractivity contribution in [3.63, 3.8) is 0 Å². The van der Waals surface area contributed by atoms with Crippen molar-refractivity contribution in [2.24, 2.45) is 5.73 Å².